The number of benzene rings is 1. The van der Waals surface area contributed by atoms with Crippen LogP contribution in [-0.4, -0.2) is 45.9 Å². The van der Waals surface area contributed by atoms with Crippen molar-refractivity contribution in [1.82, 2.24) is 4.90 Å². The van der Waals surface area contributed by atoms with E-state index in [0.29, 0.717) is 42.3 Å². The molecule has 0 spiro atoms. The molecular formula is C22H25Br2ClN2O4. The normalized spacial score (nSPS) is 31.3. The second-order valence-corrected chi connectivity index (χ2v) is 11.1. The Bertz CT molecular complexity index is 866. The van der Waals surface area contributed by atoms with Gasteiger partial charge in [-0.3, -0.25) is 19.3 Å². The number of amides is 3. The van der Waals surface area contributed by atoms with Gasteiger partial charge >= 0.3 is 0 Å². The first-order valence-corrected chi connectivity index (χ1v) is 12.8. The van der Waals surface area contributed by atoms with Crippen LogP contribution in [-0.2, 0) is 14.4 Å². The first kappa shape index (κ1) is 23.1. The molecule has 3 amide bonds. The molecule has 2 aliphatic carbocycles. The first-order valence-electron chi connectivity index (χ1n) is 10.6. The van der Waals surface area contributed by atoms with Crippen LogP contribution in [0.15, 0.2) is 18.2 Å². The molecule has 6 nitrogen and oxygen atoms in total. The highest BCUT2D eigenvalue weighted by Crippen LogP contribution is 2.60. The Morgan fingerprint density at radius 2 is 1.77 bits per heavy atom. The van der Waals surface area contributed by atoms with Gasteiger partial charge in [-0.1, -0.05) is 49.9 Å². The molecule has 3 fully saturated rings. The molecule has 1 aromatic rings. The predicted molar refractivity (Wildman–Crippen MR) is 126 cm³/mol. The molecule has 9 heteroatoms. The van der Waals surface area contributed by atoms with E-state index in [-0.39, 0.29) is 51.0 Å². The number of hydrogen-bond donors (Lipinski definition) is 1. The van der Waals surface area contributed by atoms with Crippen molar-refractivity contribution in [3.8, 4) is 5.75 Å². The third-order valence-electron chi connectivity index (χ3n) is 6.80. The molecule has 168 valence electrons. The van der Waals surface area contributed by atoms with Gasteiger partial charge in [0.2, 0.25) is 17.7 Å². The fourth-order valence-electron chi connectivity index (χ4n) is 5.35. The minimum Gasteiger partial charge on any atom is -0.495 e. The Morgan fingerprint density at radius 3 is 2.39 bits per heavy atom. The minimum atomic E-state index is -0.158. The molecule has 6 atom stereocenters. The fraction of sp³-hybridized carbons (Fsp3) is 0.591. The summed E-state index contributed by atoms with van der Waals surface area (Å²) in [6, 6.07) is 5.06. The fourth-order valence-corrected chi connectivity index (χ4v) is 7.40. The lowest BCUT2D eigenvalue weighted by Crippen LogP contribution is -2.37. The van der Waals surface area contributed by atoms with Gasteiger partial charge < -0.3 is 10.1 Å². The average molecular weight is 577 g/mol. The lowest BCUT2D eigenvalue weighted by atomic mass is 9.81. The van der Waals surface area contributed by atoms with Crippen molar-refractivity contribution in [1.29, 1.82) is 0 Å². The number of ether oxygens (including phenoxy) is 1. The summed E-state index contributed by atoms with van der Waals surface area (Å²) in [4.78, 5) is 40.0. The Balaban J connectivity index is 1.22. The summed E-state index contributed by atoms with van der Waals surface area (Å²) < 4.78 is 5.24. The van der Waals surface area contributed by atoms with E-state index in [0.717, 1.165) is 12.8 Å². The van der Waals surface area contributed by atoms with E-state index < -0.39 is 0 Å². The van der Waals surface area contributed by atoms with Gasteiger partial charge in [-0.05, 0) is 49.3 Å². The summed E-state index contributed by atoms with van der Waals surface area (Å²) in [5.74, 6) is 0.602. The third kappa shape index (κ3) is 4.27. The lowest BCUT2D eigenvalue weighted by molar-refractivity contribution is -0.140. The van der Waals surface area contributed by atoms with E-state index in [2.05, 4.69) is 37.2 Å². The summed E-state index contributed by atoms with van der Waals surface area (Å²) in [6.45, 7) is 0.438. The SMILES string of the molecule is COc1ccc(Cl)cc1NC(=O)CCCCCN1C(=O)[C@@H]2[C@H]3C[C@@H]([C@@H](Br)[C@H]3Br)[C@H]2C1=O. The molecule has 1 aliphatic heterocycles. The molecule has 31 heavy (non-hydrogen) atoms. The highest BCUT2D eigenvalue weighted by molar-refractivity contribution is 9.12. The van der Waals surface area contributed by atoms with Crippen molar-refractivity contribution in [2.45, 2.75) is 41.8 Å². The number of halogens is 3. The number of carbonyl (C=O) groups is 3. The molecule has 0 aromatic heterocycles. The number of unbranched alkanes of at least 4 members (excludes halogenated alkanes) is 2. The molecule has 1 heterocycles. The van der Waals surface area contributed by atoms with E-state index in [1.807, 2.05) is 0 Å². The Morgan fingerprint density at radius 1 is 1.13 bits per heavy atom. The van der Waals surface area contributed by atoms with E-state index in [1.54, 1.807) is 18.2 Å². The van der Waals surface area contributed by atoms with Gasteiger partial charge in [0.05, 0.1) is 24.6 Å². The van der Waals surface area contributed by atoms with Crippen LogP contribution in [0.25, 0.3) is 0 Å². The number of imide groups is 1. The van der Waals surface area contributed by atoms with Gasteiger partial charge in [0.1, 0.15) is 5.75 Å². The van der Waals surface area contributed by atoms with Crippen LogP contribution < -0.4 is 10.1 Å². The van der Waals surface area contributed by atoms with Crippen molar-refractivity contribution >= 4 is 66.9 Å². The van der Waals surface area contributed by atoms with Crippen molar-refractivity contribution < 1.29 is 19.1 Å². The van der Waals surface area contributed by atoms with E-state index in [1.165, 1.54) is 12.0 Å². The van der Waals surface area contributed by atoms with Gasteiger partial charge in [0.15, 0.2) is 0 Å². The molecule has 1 saturated heterocycles. The molecule has 2 bridgehead atoms. The third-order valence-corrected chi connectivity index (χ3v) is 10.2. The maximum atomic E-state index is 12.9. The standard InChI is InChI=1S/C22H25Br2ClN2O4/c1-31-15-7-6-11(25)9-14(15)26-16(28)5-3-2-4-8-27-21(29)17-12-10-13(18(17)22(27)30)20(24)19(12)23/h6-7,9,12-13,17-20H,2-5,8,10H2,1H3,(H,26,28)/t12-,13-,17-,18-,19-,20+/m1/s1. The summed E-state index contributed by atoms with van der Waals surface area (Å²) in [6.07, 6.45) is 3.44. The molecule has 1 aromatic carbocycles. The van der Waals surface area contributed by atoms with Crippen molar-refractivity contribution in [2.75, 3.05) is 19.0 Å². The highest BCUT2D eigenvalue weighted by atomic mass is 79.9. The zero-order chi connectivity index (χ0) is 22.3. The van der Waals surface area contributed by atoms with Gasteiger partial charge in [-0.25, -0.2) is 0 Å². The van der Waals surface area contributed by atoms with Crippen LogP contribution >= 0.6 is 43.5 Å². The summed E-state index contributed by atoms with van der Waals surface area (Å²) in [7, 11) is 1.54. The smallest absolute Gasteiger partial charge is 0.233 e. The minimum absolute atomic E-state index is 0.00264. The number of nitrogens with zero attached hydrogens (tertiary/aromatic N) is 1. The number of nitrogens with one attached hydrogen (secondary N) is 1. The van der Waals surface area contributed by atoms with Crippen molar-refractivity contribution in [3.05, 3.63) is 23.2 Å². The number of methoxy groups -OCH3 is 1. The van der Waals surface area contributed by atoms with Gasteiger partial charge in [0.25, 0.3) is 0 Å². The lowest BCUT2D eigenvalue weighted by Gasteiger charge is -2.28. The van der Waals surface area contributed by atoms with Crippen LogP contribution in [0.3, 0.4) is 0 Å². The zero-order valence-corrected chi connectivity index (χ0v) is 21.1. The molecule has 3 aliphatic rings. The van der Waals surface area contributed by atoms with Gasteiger partial charge in [0, 0.05) is 27.6 Å². The molecular weight excluding hydrogens is 552 g/mol. The number of rotatable bonds is 8. The number of likely N-dealkylation sites (tertiary alicyclic amines) is 1. The van der Waals surface area contributed by atoms with Crippen LogP contribution in [0, 0.1) is 23.7 Å². The number of fused-ring (bicyclic) bond motifs is 5. The Labute approximate surface area is 203 Å². The molecule has 1 N–H and O–H groups in total. The largest absolute Gasteiger partial charge is 0.495 e. The quantitative estimate of drug-likeness (QED) is 0.278. The average Bonchev–Trinajstić information content (AvgIpc) is 3.34. The Kier molecular flexibility index (Phi) is 6.99. The molecule has 4 rings (SSSR count). The van der Waals surface area contributed by atoms with E-state index >= 15 is 0 Å². The number of anilines is 1. The van der Waals surface area contributed by atoms with E-state index in [4.69, 9.17) is 16.3 Å². The van der Waals surface area contributed by atoms with Crippen LogP contribution in [0.4, 0.5) is 5.69 Å². The first-order chi connectivity index (χ1) is 14.8. The summed E-state index contributed by atoms with van der Waals surface area (Å²) >= 11 is 13.4. The second kappa shape index (κ2) is 9.40. The second-order valence-electron chi connectivity index (χ2n) is 8.54. The van der Waals surface area contributed by atoms with Crippen molar-refractivity contribution in [3.63, 3.8) is 0 Å². The monoisotopic (exact) mass is 574 g/mol. The predicted octanol–water partition coefficient (Wildman–Crippen LogP) is 4.63. The number of hydrogen-bond acceptors (Lipinski definition) is 4. The summed E-state index contributed by atoms with van der Waals surface area (Å²) in [5, 5.41) is 3.34. The van der Waals surface area contributed by atoms with Gasteiger partial charge in [-0.2, -0.15) is 0 Å². The zero-order valence-electron chi connectivity index (χ0n) is 17.2. The topological polar surface area (TPSA) is 75.7 Å². The van der Waals surface area contributed by atoms with E-state index in [9.17, 15) is 14.4 Å². The van der Waals surface area contributed by atoms with Crippen LogP contribution in [0.1, 0.15) is 32.1 Å². The van der Waals surface area contributed by atoms with Crippen molar-refractivity contribution in [2.24, 2.45) is 23.7 Å². The number of carbonyl (C=O) groups excluding carboxylic acids is 3. The Hall–Kier alpha value is -1.12. The highest BCUT2D eigenvalue weighted by Gasteiger charge is 2.66. The van der Waals surface area contributed by atoms with Crippen LogP contribution in [0.5, 0.6) is 5.75 Å². The molecule has 2 saturated carbocycles. The summed E-state index contributed by atoms with van der Waals surface area (Å²) in [5.41, 5.74) is 0.546. The number of alkyl halides is 2. The molecule has 0 radical (unpaired) electrons. The van der Waals surface area contributed by atoms with Gasteiger partial charge in [-0.15, -0.1) is 0 Å². The maximum absolute atomic E-state index is 12.9. The maximum Gasteiger partial charge on any atom is 0.233 e. The molecule has 0 unspecified atom stereocenters. The van der Waals surface area contributed by atoms with Crippen LogP contribution in [0.2, 0.25) is 5.02 Å².